The van der Waals surface area contributed by atoms with E-state index in [1.165, 1.54) is 0 Å². The number of nitrogens with one attached hydrogen (secondary N) is 2. The predicted molar refractivity (Wildman–Crippen MR) is 101 cm³/mol. The molecular weight excluding hydrogens is 326 g/mol. The van der Waals surface area contributed by atoms with E-state index in [9.17, 15) is 4.79 Å². The van der Waals surface area contributed by atoms with Gasteiger partial charge in [0.25, 0.3) is 0 Å². The lowest BCUT2D eigenvalue weighted by molar-refractivity contribution is 0.163. The van der Waals surface area contributed by atoms with Crippen LogP contribution in [0.1, 0.15) is 30.9 Å². The van der Waals surface area contributed by atoms with Crippen molar-refractivity contribution in [3.8, 4) is 11.1 Å². The topological polar surface area (TPSA) is 73.9 Å². The van der Waals surface area contributed by atoms with Crippen LogP contribution in [0, 0.1) is 0 Å². The number of aromatic amines is 1. The van der Waals surface area contributed by atoms with Gasteiger partial charge in [-0.2, -0.15) is 5.10 Å². The first-order valence-corrected chi connectivity index (χ1v) is 8.88. The number of rotatable bonds is 3. The van der Waals surface area contributed by atoms with Gasteiger partial charge in [0.1, 0.15) is 0 Å². The number of para-hydroxylation sites is 1. The van der Waals surface area contributed by atoms with E-state index in [0.717, 1.165) is 48.2 Å². The highest BCUT2D eigenvalue weighted by atomic mass is 16.2. The largest absolute Gasteiger partial charge is 0.322 e. The molecule has 1 atom stereocenters. The second-order valence-electron chi connectivity index (χ2n) is 6.45. The molecule has 0 saturated carbocycles. The standard InChI is InChI=1S/C20H21N5O/c26-20(25-12-4-3-7-19(25)16-13-22-23-14-16)24-18-6-2-1-5-17(18)15-8-10-21-11-9-15/h1-2,5-6,8-11,13-14,19H,3-4,7,12H2,(H,22,23)(H,24,26)/t19-/m0/s1. The van der Waals surface area contributed by atoms with E-state index >= 15 is 0 Å². The highest BCUT2D eigenvalue weighted by Gasteiger charge is 2.29. The molecule has 1 aliphatic heterocycles. The number of aromatic nitrogens is 3. The first kappa shape index (κ1) is 16.3. The minimum absolute atomic E-state index is 0.0654. The summed E-state index contributed by atoms with van der Waals surface area (Å²) in [5.74, 6) is 0. The molecule has 4 rings (SSSR count). The van der Waals surface area contributed by atoms with E-state index in [4.69, 9.17) is 0 Å². The lowest BCUT2D eigenvalue weighted by Gasteiger charge is -2.35. The molecule has 0 aliphatic carbocycles. The average Bonchev–Trinajstić information content (AvgIpc) is 3.24. The van der Waals surface area contributed by atoms with Gasteiger partial charge in [-0.05, 0) is 43.0 Å². The zero-order valence-electron chi connectivity index (χ0n) is 14.4. The molecule has 1 aromatic carbocycles. The van der Waals surface area contributed by atoms with Gasteiger partial charge in [-0.15, -0.1) is 0 Å². The summed E-state index contributed by atoms with van der Waals surface area (Å²) in [6, 6.07) is 11.7. The maximum absolute atomic E-state index is 13.0. The van der Waals surface area contributed by atoms with E-state index in [2.05, 4.69) is 20.5 Å². The van der Waals surface area contributed by atoms with Crippen LogP contribution in [0.25, 0.3) is 11.1 Å². The first-order valence-electron chi connectivity index (χ1n) is 8.88. The van der Waals surface area contributed by atoms with Crippen LogP contribution in [-0.2, 0) is 0 Å². The molecule has 0 spiro atoms. The van der Waals surface area contributed by atoms with Crippen molar-refractivity contribution in [1.29, 1.82) is 0 Å². The maximum atomic E-state index is 13.0. The number of amides is 2. The Hall–Kier alpha value is -3.15. The lowest BCUT2D eigenvalue weighted by atomic mass is 9.98. The normalized spacial score (nSPS) is 17.1. The van der Waals surface area contributed by atoms with E-state index in [-0.39, 0.29) is 12.1 Å². The van der Waals surface area contributed by atoms with Crippen molar-refractivity contribution in [2.75, 3.05) is 11.9 Å². The molecule has 6 nitrogen and oxygen atoms in total. The smallest absolute Gasteiger partial charge is 0.317 e. The van der Waals surface area contributed by atoms with Crippen LogP contribution < -0.4 is 5.32 Å². The molecule has 2 aromatic heterocycles. The number of urea groups is 1. The molecule has 2 amide bonds. The molecule has 2 N–H and O–H groups in total. The molecule has 132 valence electrons. The van der Waals surface area contributed by atoms with E-state index in [0.29, 0.717) is 0 Å². The van der Waals surface area contributed by atoms with Gasteiger partial charge in [-0.1, -0.05) is 18.2 Å². The summed E-state index contributed by atoms with van der Waals surface area (Å²) >= 11 is 0. The van der Waals surface area contributed by atoms with Crippen molar-refractivity contribution in [2.24, 2.45) is 0 Å². The van der Waals surface area contributed by atoms with E-state index in [1.54, 1.807) is 18.6 Å². The Morgan fingerprint density at radius 3 is 2.81 bits per heavy atom. The third-order valence-corrected chi connectivity index (χ3v) is 4.83. The van der Waals surface area contributed by atoms with Crippen LogP contribution >= 0.6 is 0 Å². The molecule has 0 bridgehead atoms. The summed E-state index contributed by atoms with van der Waals surface area (Å²) < 4.78 is 0. The average molecular weight is 347 g/mol. The lowest BCUT2D eigenvalue weighted by Crippen LogP contribution is -2.41. The molecule has 26 heavy (non-hydrogen) atoms. The highest BCUT2D eigenvalue weighted by molar-refractivity contribution is 5.94. The molecule has 1 saturated heterocycles. The second-order valence-corrected chi connectivity index (χ2v) is 6.45. The molecule has 1 aliphatic rings. The van der Waals surface area contributed by atoms with E-state index < -0.39 is 0 Å². The van der Waals surface area contributed by atoms with E-state index in [1.807, 2.05) is 47.5 Å². The van der Waals surface area contributed by atoms with Gasteiger partial charge in [-0.3, -0.25) is 10.1 Å². The maximum Gasteiger partial charge on any atom is 0.322 e. The second kappa shape index (κ2) is 7.39. The number of anilines is 1. The number of benzene rings is 1. The summed E-state index contributed by atoms with van der Waals surface area (Å²) in [5, 5.41) is 10.00. The zero-order valence-corrected chi connectivity index (χ0v) is 14.4. The zero-order chi connectivity index (χ0) is 17.8. The Labute approximate surface area is 152 Å². The van der Waals surface area contributed by atoms with Gasteiger partial charge in [-0.25, -0.2) is 4.79 Å². The Morgan fingerprint density at radius 2 is 2.00 bits per heavy atom. The van der Waals surface area contributed by atoms with Crippen LogP contribution in [0.15, 0.2) is 61.2 Å². The number of nitrogens with zero attached hydrogens (tertiary/aromatic N) is 3. The van der Waals surface area contributed by atoms with Crippen LogP contribution in [-0.4, -0.2) is 32.7 Å². The first-order chi connectivity index (χ1) is 12.8. The van der Waals surface area contributed by atoms with Crippen molar-refractivity contribution in [3.63, 3.8) is 0 Å². The molecule has 6 heteroatoms. The molecule has 0 unspecified atom stereocenters. The molecular formula is C20H21N5O. The summed E-state index contributed by atoms with van der Waals surface area (Å²) in [6.07, 6.45) is 10.3. The Kier molecular flexibility index (Phi) is 4.64. The Morgan fingerprint density at radius 1 is 1.15 bits per heavy atom. The minimum atomic E-state index is -0.0718. The van der Waals surface area contributed by atoms with Crippen molar-refractivity contribution >= 4 is 11.7 Å². The summed E-state index contributed by atoms with van der Waals surface area (Å²) in [5.41, 5.74) is 3.88. The SMILES string of the molecule is O=C(Nc1ccccc1-c1ccncc1)N1CCCC[C@H]1c1cn[nH]c1. The number of hydrogen-bond donors (Lipinski definition) is 2. The van der Waals surface area contributed by atoms with Crippen molar-refractivity contribution in [2.45, 2.75) is 25.3 Å². The minimum Gasteiger partial charge on any atom is -0.317 e. The van der Waals surface area contributed by atoms with Crippen molar-refractivity contribution in [3.05, 3.63) is 66.7 Å². The fourth-order valence-corrected chi connectivity index (χ4v) is 3.53. The predicted octanol–water partition coefficient (Wildman–Crippen LogP) is 4.23. The van der Waals surface area contributed by atoms with Gasteiger partial charge < -0.3 is 10.2 Å². The van der Waals surface area contributed by atoms with Gasteiger partial charge in [0.05, 0.1) is 17.9 Å². The van der Waals surface area contributed by atoms with Crippen molar-refractivity contribution in [1.82, 2.24) is 20.1 Å². The van der Waals surface area contributed by atoms with Crippen LogP contribution in [0.4, 0.5) is 10.5 Å². The third kappa shape index (κ3) is 3.31. The highest BCUT2D eigenvalue weighted by Crippen LogP contribution is 2.32. The summed E-state index contributed by atoms with van der Waals surface area (Å²) in [7, 11) is 0. The number of carbonyl (C=O) groups excluding carboxylic acids is 1. The quantitative estimate of drug-likeness (QED) is 0.744. The van der Waals surface area contributed by atoms with Crippen LogP contribution in [0.5, 0.6) is 0 Å². The van der Waals surface area contributed by atoms with Gasteiger partial charge in [0, 0.05) is 36.3 Å². The fraction of sp³-hybridized carbons (Fsp3) is 0.250. The number of piperidine rings is 1. The van der Waals surface area contributed by atoms with Gasteiger partial charge in [0.2, 0.25) is 0 Å². The third-order valence-electron chi connectivity index (χ3n) is 4.83. The van der Waals surface area contributed by atoms with Gasteiger partial charge >= 0.3 is 6.03 Å². The van der Waals surface area contributed by atoms with Crippen molar-refractivity contribution < 1.29 is 4.79 Å². The molecule has 3 aromatic rings. The fourth-order valence-electron chi connectivity index (χ4n) is 3.53. The Balaban J connectivity index is 1.58. The number of H-pyrrole nitrogens is 1. The van der Waals surface area contributed by atoms with Gasteiger partial charge in [0.15, 0.2) is 0 Å². The summed E-state index contributed by atoms with van der Waals surface area (Å²) in [4.78, 5) is 19.0. The molecule has 1 fully saturated rings. The molecule has 0 radical (unpaired) electrons. The van der Waals surface area contributed by atoms with Crippen LogP contribution in [0.2, 0.25) is 0 Å². The summed E-state index contributed by atoms with van der Waals surface area (Å²) in [6.45, 7) is 0.749. The number of pyridine rings is 1. The number of carbonyl (C=O) groups is 1. The molecule has 3 heterocycles. The number of hydrogen-bond acceptors (Lipinski definition) is 3. The number of likely N-dealkylation sites (tertiary alicyclic amines) is 1. The van der Waals surface area contributed by atoms with Crippen LogP contribution in [0.3, 0.4) is 0 Å². The Bertz CT molecular complexity index is 863. The monoisotopic (exact) mass is 347 g/mol.